The number of allylic oxidation sites excluding steroid dienone is 8. The summed E-state index contributed by atoms with van der Waals surface area (Å²) in [5.74, 6) is -0.356. The number of ketones is 2. The number of hydrogen-bond acceptors (Lipinski definition) is 14. The number of nitrogens with two attached hydrogens (primary N) is 1. The largest absolute Gasteiger partial charge is 0.508 e. The molecule has 0 amide bonds. The van der Waals surface area contributed by atoms with Crippen LogP contribution in [-0.4, -0.2) is 101 Å². The zero-order valence-electron chi connectivity index (χ0n) is 51.6. The molecule has 14 rings (SSSR count). The van der Waals surface area contributed by atoms with Crippen molar-refractivity contribution in [2.24, 2.45) is 52.6 Å². The van der Waals surface area contributed by atoms with E-state index in [2.05, 4.69) is 76.2 Å². The number of phenolic OH excluding ortho intramolecular Hbond substituents is 1. The van der Waals surface area contributed by atoms with Crippen molar-refractivity contribution >= 4 is 17.5 Å². The van der Waals surface area contributed by atoms with E-state index in [0.717, 1.165) is 112 Å². The number of phenols is 1. The van der Waals surface area contributed by atoms with E-state index in [1.165, 1.54) is 36.0 Å². The zero-order chi connectivity index (χ0) is 60.0. The first-order valence-electron chi connectivity index (χ1n) is 33.7. The van der Waals surface area contributed by atoms with Crippen LogP contribution in [0.1, 0.15) is 186 Å². The Bertz CT molecular complexity index is 3310. The number of aromatic hydroxyl groups is 1. The number of Topliss-reactive ketones (excluding diaryl/α,β-unsaturated/α-hetero) is 2. The number of aliphatic hydroxyl groups excluding tert-OH is 2. The van der Waals surface area contributed by atoms with Gasteiger partial charge in [-0.15, -0.1) is 0 Å². The fourth-order valence-electron chi connectivity index (χ4n) is 19.5. The molecule has 15 unspecified atom stereocenters. The van der Waals surface area contributed by atoms with Gasteiger partial charge in [-0.25, -0.2) is 4.79 Å². The number of hydrogen-bond donors (Lipinski definition) is 9. The lowest BCUT2D eigenvalue weighted by molar-refractivity contribution is -0.180. The molecule has 12 aliphatic rings. The maximum Gasteiger partial charge on any atom is 0.350 e. The number of dihydropyridines is 2. The van der Waals surface area contributed by atoms with Crippen molar-refractivity contribution in [3.8, 4) is 5.75 Å². The second kappa shape index (κ2) is 23.3. The molecule has 11 bridgehead atoms. The molecule has 0 aromatic heterocycles. The third-order valence-electron chi connectivity index (χ3n) is 24.1. The Hall–Kier alpha value is -5.61. The van der Waals surface area contributed by atoms with E-state index in [1.807, 2.05) is 38.2 Å². The quantitative estimate of drug-likeness (QED) is 0.0443. The zero-order valence-corrected chi connectivity index (χ0v) is 51.6. The summed E-state index contributed by atoms with van der Waals surface area (Å²) in [6.07, 6.45) is 30.3. The topological polar surface area (TPSA) is 220 Å². The normalized spacial score (nSPS) is 38.2. The lowest BCUT2D eigenvalue weighted by atomic mass is 9.50. The Morgan fingerprint density at radius 1 is 0.931 bits per heavy atom. The van der Waals surface area contributed by atoms with Gasteiger partial charge in [-0.1, -0.05) is 105 Å². The molecule has 14 nitrogen and oxygen atoms in total. The predicted molar refractivity (Wildman–Crippen MR) is 336 cm³/mol. The highest BCUT2D eigenvalue weighted by Crippen LogP contribution is 2.63. The summed E-state index contributed by atoms with van der Waals surface area (Å²) < 4.78 is 14.5. The summed E-state index contributed by atoms with van der Waals surface area (Å²) >= 11 is 0. The Morgan fingerprint density at radius 2 is 1.77 bits per heavy atom. The Balaban J connectivity index is 0.939. The lowest BCUT2D eigenvalue weighted by Crippen LogP contribution is -2.67. The van der Waals surface area contributed by atoms with Crippen LogP contribution in [0, 0.1) is 46.8 Å². The van der Waals surface area contributed by atoms with Crippen molar-refractivity contribution in [2.45, 2.75) is 202 Å². The fraction of sp³-hybridized carbons (Fsp3) is 0.603. The molecule has 3 saturated carbocycles. The van der Waals surface area contributed by atoms with E-state index in [1.54, 1.807) is 12.1 Å². The molecular formula is C73H94N6O8. The molecule has 1 saturated heterocycles. The van der Waals surface area contributed by atoms with Crippen LogP contribution in [-0.2, 0) is 20.7 Å². The first-order valence-corrected chi connectivity index (χ1v) is 33.7. The van der Waals surface area contributed by atoms with Gasteiger partial charge in [0.15, 0.2) is 11.4 Å². The Kier molecular flexibility index (Phi) is 15.8. The molecule has 2 aromatic rings. The highest BCUT2D eigenvalue weighted by Gasteiger charge is 2.86. The van der Waals surface area contributed by atoms with Crippen LogP contribution in [0.15, 0.2) is 124 Å². The summed E-state index contributed by atoms with van der Waals surface area (Å²) in [5, 5.41) is 53.8. The third kappa shape index (κ3) is 10.5. The number of nitrogens with one attached hydrogen (secondary N) is 5. The third-order valence-corrected chi connectivity index (χ3v) is 24.1. The van der Waals surface area contributed by atoms with Crippen molar-refractivity contribution < 1.29 is 39.2 Å². The van der Waals surface area contributed by atoms with Crippen LogP contribution in [0.2, 0.25) is 0 Å². The van der Waals surface area contributed by atoms with Gasteiger partial charge in [0.05, 0.1) is 25.0 Å². The minimum absolute atomic E-state index is 0.0634. The monoisotopic (exact) mass is 1180 g/mol. The molecule has 14 heteroatoms. The average molecular weight is 1180 g/mol. The second-order valence-corrected chi connectivity index (χ2v) is 29.3. The highest BCUT2D eigenvalue weighted by molar-refractivity contribution is 6.33. The molecule has 464 valence electrons. The van der Waals surface area contributed by atoms with E-state index in [-0.39, 0.29) is 71.6 Å². The number of benzene rings is 2. The number of epoxide rings is 1. The second-order valence-electron chi connectivity index (χ2n) is 29.3. The maximum absolute atomic E-state index is 16.7. The first-order chi connectivity index (χ1) is 42.1. The maximum atomic E-state index is 16.7. The summed E-state index contributed by atoms with van der Waals surface area (Å²) in [7, 11) is 1.97. The molecule has 6 aliphatic carbocycles. The van der Waals surface area contributed by atoms with Crippen molar-refractivity contribution in [2.75, 3.05) is 26.7 Å². The van der Waals surface area contributed by atoms with Gasteiger partial charge in [-0.05, 0) is 215 Å². The van der Waals surface area contributed by atoms with Crippen molar-refractivity contribution in [1.29, 1.82) is 0 Å². The molecule has 6 heterocycles. The van der Waals surface area contributed by atoms with Gasteiger partial charge in [0.1, 0.15) is 17.7 Å². The van der Waals surface area contributed by atoms with Crippen LogP contribution in [0.5, 0.6) is 5.75 Å². The van der Waals surface area contributed by atoms with E-state index in [0.29, 0.717) is 68.0 Å². The number of carbonyl (C=O) groups excluding carboxylic acids is 3. The van der Waals surface area contributed by atoms with Gasteiger partial charge in [0.25, 0.3) is 5.60 Å². The number of ether oxygens (including phenoxy) is 2. The van der Waals surface area contributed by atoms with E-state index in [4.69, 9.17) is 15.2 Å². The molecular weight excluding hydrogens is 1090 g/mol. The number of fused-ring (bicyclic) bond motifs is 3. The van der Waals surface area contributed by atoms with Gasteiger partial charge in [-0.2, -0.15) is 0 Å². The molecule has 1 spiro atoms. The molecule has 2 aromatic carbocycles. The number of carbonyl (C=O) groups is 3. The molecule has 15 atom stereocenters. The lowest BCUT2D eigenvalue weighted by Gasteiger charge is -2.60. The van der Waals surface area contributed by atoms with Crippen LogP contribution >= 0.6 is 0 Å². The van der Waals surface area contributed by atoms with E-state index in [9.17, 15) is 15.3 Å². The average Bonchev–Trinajstić information content (AvgIpc) is 1.49. The summed E-state index contributed by atoms with van der Waals surface area (Å²) in [4.78, 5) is 49.4. The van der Waals surface area contributed by atoms with E-state index < -0.39 is 58.1 Å². The summed E-state index contributed by atoms with van der Waals surface area (Å²) in [6.45, 7) is 5.46. The SMILES string of the molecule is CNC1CCC2=C(NCC=C2CCC(C)=C(CO)CC23OC24C(=O)OC2C5CC(O)CC6CC(c7cccc(O)c7)C7=CC(=CNC7N)CC(C)(CCCCC7CC=CC8=CC(NCC9CCCCC9)(CC65)C2CC87)Cc2cccc(c2C4=O)C3=O)N1. The number of esters is 1. The van der Waals surface area contributed by atoms with Crippen LogP contribution in [0.25, 0.3) is 0 Å². The molecule has 0 radical (unpaired) electrons. The Morgan fingerprint density at radius 3 is 2.60 bits per heavy atom. The van der Waals surface area contributed by atoms with Crippen LogP contribution < -0.4 is 32.3 Å². The van der Waals surface area contributed by atoms with Gasteiger partial charge in [-0.3, -0.25) is 9.59 Å². The van der Waals surface area contributed by atoms with Gasteiger partial charge in [0, 0.05) is 53.6 Å². The Labute approximate surface area is 514 Å². The number of rotatable bonds is 11. The summed E-state index contributed by atoms with van der Waals surface area (Å²) in [5.41, 5.74) is 11.5. The number of aliphatic hydroxyl groups is 2. The molecule has 4 fully saturated rings. The minimum Gasteiger partial charge on any atom is -0.508 e. The van der Waals surface area contributed by atoms with E-state index >= 15 is 14.4 Å². The predicted octanol–water partition coefficient (Wildman–Crippen LogP) is 10.2. The van der Waals surface area contributed by atoms with Gasteiger partial charge >= 0.3 is 5.97 Å². The first kappa shape index (κ1) is 59.0. The minimum atomic E-state index is -2.31. The van der Waals surface area contributed by atoms with Crippen molar-refractivity contribution in [3.05, 3.63) is 146 Å². The van der Waals surface area contributed by atoms with Gasteiger partial charge in [0.2, 0.25) is 5.78 Å². The van der Waals surface area contributed by atoms with Crippen LogP contribution in [0.3, 0.4) is 0 Å². The summed E-state index contributed by atoms with van der Waals surface area (Å²) in [6, 6.07) is 13.2. The molecule has 87 heavy (non-hydrogen) atoms. The molecule has 10 N–H and O–H groups in total. The van der Waals surface area contributed by atoms with Crippen molar-refractivity contribution in [3.63, 3.8) is 0 Å². The highest BCUT2D eigenvalue weighted by atomic mass is 16.7. The smallest absolute Gasteiger partial charge is 0.350 e. The molecule has 6 aliphatic heterocycles. The fourth-order valence-corrected chi connectivity index (χ4v) is 19.5. The van der Waals surface area contributed by atoms with Crippen molar-refractivity contribution in [1.82, 2.24) is 26.6 Å². The standard InChI is InChI=1S/C73H94N6O8/c1-42(21-22-46-25-27-76-68-54(46)23-24-62(75-3)79-68)51(41-80)37-72-65(83)55-20-11-18-49-35-70(2)26-8-7-14-45-15-9-17-48-36-71(78-40-43-12-5-4-6-13-43)38-60-50(31-57(47-16-10-19-52(81)29-47)59-28-44(34-70)39-77-67(59)74)30-53(82)32-58(60)64(61(71)33-56(45)48)86-69(85)73(72,87-72)66(84)63(49)55/h9-11,16-20,25,28-29,36,39,43,45,50,53,56-58,60-62,64,67,75-82H,4-8,12-15,21-24,26-27,30-35,37-38,40-41,74H2,1-3H3. The van der Waals surface area contributed by atoms with Gasteiger partial charge < -0.3 is 57.1 Å². The van der Waals surface area contributed by atoms with Crippen LogP contribution in [0.4, 0.5) is 0 Å².